The topological polar surface area (TPSA) is 167 Å². The fraction of sp³-hybridized carbons (Fsp3) is 0.516. The number of rotatable bonds is 17. The number of carbonyl (C=O) groups is 3. The van der Waals surface area contributed by atoms with Gasteiger partial charge in [0.05, 0.1) is 33.5 Å². The van der Waals surface area contributed by atoms with Gasteiger partial charge in [0.25, 0.3) is 5.09 Å². The van der Waals surface area contributed by atoms with E-state index in [1.165, 1.54) is 19.1 Å². The Balaban J connectivity index is 0.00000474. The lowest BCUT2D eigenvalue weighted by atomic mass is 9.92. The van der Waals surface area contributed by atoms with Gasteiger partial charge in [-0.3, -0.25) is 14.9 Å². The normalized spacial score (nSPS) is 15.4. The smallest absolute Gasteiger partial charge is 0.329 e. The van der Waals surface area contributed by atoms with E-state index in [1.54, 1.807) is 25.1 Å². The first-order valence-corrected chi connectivity index (χ1v) is 14.5. The number of ether oxygens (including phenoxy) is 3. The highest BCUT2D eigenvalue weighted by Crippen LogP contribution is 2.35. The fourth-order valence-corrected chi connectivity index (χ4v) is 4.44. The maximum absolute atomic E-state index is 13.7. The minimum atomic E-state index is -1.12. The molecule has 44 heavy (non-hydrogen) atoms. The van der Waals surface area contributed by atoms with Crippen molar-refractivity contribution in [2.45, 2.75) is 78.0 Å². The van der Waals surface area contributed by atoms with Crippen LogP contribution < -0.4 is 14.8 Å². The summed E-state index contributed by atoms with van der Waals surface area (Å²) in [5, 5.41) is 22.1. The first-order chi connectivity index (χ1) is 21.0. The molecular weight excluding hydrogens is 574 g/mol. The average Bonchev–Trinajstić information content (AvgIpc) is 3.01. The summed E-state index contributed by atoms with van der Waals surface area (Å²) in [6.45, 7) is 11.0. The molecule has 1 aromatic rings. The zero-order valence-corrected chi connectivity index (χ0v) is 26.4. The number of esters is 1. The zero-order chi connectivity index (χ0) is 33.2. The molecule has 1 aliphatic rings. The second-order valence-corrected chi connectivity index (χ2v) is 9.60. The molecule has 1 heterocycles. The van der Waals surface area contributed by atoms with Crippen molar-refractivity contribution >= 4 is 17.8 Å². The Morgan fingerprint density at radius 1 is 1.16 bits per heavy atom. The Bertz CT molecular complexity index is 1200. The second-order valence-electron chi connectivity index (χ2n) is 9.60. The average molecular weight is 620 g/mol. The quantitative estimate of drug-likeness (QED) is 0.0850. The highest BCUT2D eigenvalue weighted by atomic mass is 16.9. The molecule has 0 fully saturated rings. The molecule has 1 amide bonds. The fourth-order valence-electron chi connectivity index (χ4n) is 4.44. The largest absolute Gasteiger partial charge is 0.493 e. The molecule has 0 aliphatic carbocycles. The number of carboxylic acids is 1. The van der Waals surface area contributed by atoms with Crippen LogP contribution in [0.25, 0.3) is 0 Å². The molecule has 3 unspecified atom stereocenters. The summed E-state index contributed by atoms with van der Waals surface area (Å²) in [4.78, 5) is 54.8. The minimum absolute atomic E-state index is 0.0367. The number of benzene rings is 1. The van der Waals surface area contributed by atoms with Crippen molar-refractivity contribution in [3.05, 3.63) is 69.8 Å². The summed E-state index contributed by atoms with van der Waals surface area (Å²) >= 11 is 0. The van der Waals surface area contributed by atoms with Gasteiger partial charge in [-0.05, 0) is 49.9 Å². The first kappa shape index (κ1) is 37.6. The van der Waals surface area contributed by atoms with E-state index in [-0.39, 0.29) is 39.0 Å². The van der Waals surface area contributed by atoms with Gasteiger partial charge in [0.15, 0.2) is 11.5 Å². The van der Waals surface area contributed by atoms with Crippen LogP contribution in [0, 0.1) is 10.1 Å². The Morgan fingerprint density at radius 2 is 1.80 bits per heavy atom. The van der Waals surface area contributed by atoms with Crippen molar-refractivity contribution < 1.29 is 43.6 Å². The molecule has 2 N–H and O–H groups in total. The van der Waals surface area contributed by atoms with Crippen LogP contribution >= 0.6 is 0 Å². The van der Waals surface area contributed by atoms with E-state index in [4.69, 9.17) is 14.2 Å². The Kier molecular flexibility index (Phi) is 16.9. The Morgan fingerprint density at radius 3 is 2.36 bits per heavy atom. The lowest BCUT2D eigenvalue weighted by molar-refractivity contribution is -0.757. The summed E-state index contributed by atoms with van der Waals surface area (Å²) in [6, 6.07) is 0.452. The van der Waals surface area contributed by atoms with E-state index < -0.39 is 41.1 Å². The number of nitrogens with one attached hydrogen (secondary N) is 1. The number of methoxy groups -OCH3 is 2. The number of allylic oxidation sites excluding steroid dienone is 5. The summed E-state index contributed by atoms with van der Waals surface area (Å²) in [7, 11) is 2.98. The molecule has 1 aliphatic heterocycles. The van der Waals surface area contributed by atoms with Crippen LogP contribution in [0.4, 0.5) is 0 Å². The van der Waals surface area contributed by atoms with Gasteiger partial charge >= 0.3 is 11.9 Å². The third kappa shape index (κ3) is 11.7. The van der Waals surface area contributed by atoms with Crippen molar-refractivity contribution in [2.75, 3.05) is 27.4 Å². The summed E-state index contributed by atoms with van der Waals surface area (Å²) in [5.41, 5.74) is 2.23. The summed E-state index contributed by atoms with van der Waals surface area (Å²) in [5.74, 6) is -1.39. The van der Waals surface area contributed by atoms with E-state index in [0.29, 0.717) is 17.9 Å². The van der Waals surface area contributed by atoms with Crippen molar-refractivity contribution in [1.29, 1.82) is 0 Å². The lowest BCUT2D eigenvalue weighted by Gasteiger charge is -2.37. The number of carboxylic acid groups (broad SMARTS) is 1. The minimum Gasteiger partial charge on any atom is -0.493 e. The molecule has 13 nitrogen and oxygen atoms in total. The van der Waals surface area contributed by atoms with Gasteiger partial charge < -0.3 is 29.1 Å². The molecule has 1 aromatic carbocycles. The number of carbonyl (C=O) groups excluding carboxylic acids is 2. The number of hydrogen-bond acceptors (Lipinski definition) is 10. The van der Waals surface area contributed by atoms with Crippen LogP contribution in [0.1, 0.15) is 58.1 Å². The molecule has 13 heteroatoms. The lowest BCUT2D eigenvalue weighted by Crippen LogP contribution is -2.56. The van der Waals surface area contributed by atoms with Gasteiger partial charge in [-0.15, -0.1) is 10.1 Å². The predicted octanol–water partition coefficient (Wildman–Crippen LogP) is 4.02. The van der Waals surface area contributed by atoms with Crippen LogP contribution in [0.2, 0.25) is 0 Å². The molecule has 0 bridgehead atoms. The molecule has 0 saturated carbocycles. The maximum atomic E-state index is 13.7. The second kappa shape index (κ2) is 19.7. The van der Waals surface area contributed by atoms with Gasteiger partial charge in [0.1, 0.15) is 12.1 Å². The zero-order valence-electron chi connectivity index (χ0n) is 26.4. The molecule has 0 radical (unpaired) electrons. The molecule has 244 valence electrons. The third-order valence-corrected chi connectivity index (χ3v) is 6.63. The molecule has 0 spiro atoms. The highest BCUT2D eigenvalue weighted by Gasteiger charge is 2.38. The summed E-state index contributed by atoms with van der Waals surface area (Å²) < 4.78 is 16.1. The summed E-state index contributed by atoms with van der Waals surface area (Å²) in [6.07, 6.45) is 8.09. The van der Waals surface area contributed by atoms with Gasteiger partial charge in [0.2, 0.25) is 5.91 Å². The number of hydrogen-bond donors (Lipinski definition) is 2. The van der Waals surface area contributed by atoms with E-state index in [9.17, 15) is 29.6 Å². The molecule has 0 saturated heterocycles. The Labute approximate surface area is 258 Å². The van der Waals surface area contributed by atoms with Crippen LogP contribution in [0.15, 0.2) is 48.6 Å². The van der Waals surface area contributed by atoms with Crippen LogP contribution in [0.5, 0.6) is 11.5 Å². The number of amides is 1. The Hall–Kier alpha value is -4.39. The van der Waals surface area contributed by atoms with E-state index in [0.717, 1.165) is 16.7 Å². The molecular formula is C31H45N3O10. The van der Waals surface area contributed by atoms with Crippen LogP contribution in [-0.4, -0.2) is 78.5 Å². The van der Waals surface area contributed by atoms with Crippen molar-refractivity contribution in [2.24, 2.45) is 0 Å². The number of fused-ring (bicyclic) bond motifs is 1. The SMILES string of the molecule is C=C(/C=C\C=C/C)CCC(NC(C)C(=O)N1Cc2cc(OC)c(OC)cc2CC1C(=O)OCCCO[N+](=O)[O-])C(=O)O.CC. The van der Waals surface area contributed by atoms with Crippen molar-refractivity contribution in [3.8, 4) is 11.5 Å². The monoisotopic (exact) mass is 619 g/mol. The number of aliphatic carboxylic acids is 1. The molecule has 3 atom stereocenters. The number of nitrogens with zero attached hydrogens (tertiary/aromatic N) is 2. The van der Waals surface area contributed by atoms with Crippen molar-refractivity contribution in [3.63, 3.8) is 0 Å². The third-order valence-electron chi connectivity index (χ3n) is 6.63. The van der Waals surface area contributed by atoms with Gasteiger partial charge in [-0.2, -0.15) is 0 Å². The predicted molar refractivity (Wildman–Crippen MR) is 164 cm³/mol. The van der Waals surface area contributed by atoms with Gasteiger partial charge in [-0.1, -0.05) is 50.3 Å². The van der Waals surface area contributed by atoms with Crippen LogP contribution in [-0.2, 0) is 36.9 Å². The van der Waals surface area contributed by atoms with E-state index in [2.05, 4.69) is 16.7 Å². The standard InChI is InChI=1S/C29H39N3O10.C2H6/c1-6-7-8-10-19(2)11-12-23(28(34)35)30-20(3)27(33)31-18-22-17-26(40-5)25(39-4)16-21(22)15-24(31)29(36)41-13-9-14-42-32(37)38;1-2/h6-8,10,16-17,20,23-24,30H,2,9,11-15,18H2,1,3-5H3,(H,34,35);1-2H3/b7-6-,10-8-;. The maximum Gasteiger partial charge on any atom is 0.329 e. The van der Waals surface area contributed by atoms with Gasteiger partial charge in [-0.25, -0.2) is 4.79 Å². The van der Waals surface area contributed by atoms with E-state index in [1.807, 2.05) is 39.0 Å². The first-order valence-electron chi connectivity index (χ1n) is 14.5. The van der Waals surface area contributed by atoms with Crippen LogP contribution in [0.3, 0.4) is 0 Å². The molecule has 0 aromatic heterocycles. The van der Waals surface area contributed by atoms with E-state index >= 15 is 0 Å². The van der Waals surface area contributed by atoms with Crippen molar-refractivity contribution in [1.82, 2.24) is 10.2 Å². The van der Waals surface area contributed by atoms with Gasteiger partial charge in [0, 0.05) is 19.4 Å². The molecule has 2 rings (SSSR count). The highest BCUT2D eigenvalue weighted by molar-refractivity contribution is 5.89.